The van der Waals surface area contributed by atoms with Crippen LogP contribution in [0.15, 0.2) is 78.9 Å². The van der Waals surface area contributed by atoms with Gasteiger partial charge in [0, 0.05) is 6.42 Å². The first-order chi connectivity index (χ1) is 14.5. The summed E-state index contributed by atoms with van der Waals surface area (Å²) in [6.45, 7) is 0.439. The number of hydrogen-bond acceptors (Lipinski definition) is 3. The standard InChI is InChI=1S/C24H22FNO4/c25-20-8-4-7-19(13-20)15-23(27)26-22(24(28)29)14-17-9-11-21(12-10-17)30-16-18-5-2-1-3-6-18/h1-13,22H,14-16H2,(H,26,27)(H,28,29)/t22-/m0/s1. The molecule has 0 spiro atoms. The molecule has 154 valence electrons. The van der Waals surface area contributed by atoms with Crippen molar-refractivity contribution in [1.82, 2.24) is 5.32 Å². The molecule has 0 bridgehead atoms. The van der Waals surface area contributed by atoms with Crippen LogP contribution in [0.5, 0.6) is 5.75 Å². The first-order valence-electron chi connectivity index (χ1n) is 9.52. The number of aliphatic carboxylic acids is 1. The van der Waals surface area contributed by atoms with Crippen molar-refractivity contribution in [2.45, 2.75) is 25.5 Å². The predicted octanol–water partition coefficient (Wildman–Crippen LogP) is 3.76. The van der Waals surface area contributed by atoms with Crippen molar-refractivity contribution in [3.8, 4) is 5.75 Å². The van der Waals surface area contributed by atoms with Crippen LogP contribution in [0.4, 0.5) is 4.39 Å². The van der Waals surface area contributed by atoms with Crippen LogP contribution < -0.4 is 10.1 Å². The second kappa shape index (κ2) is 10.2. The van der Waals surface area contributed by atoms with Gasteiger partial charge in [-0.05, 0) is 41.0 Å². The average Bonchev–Trinajstić information content (AvgIpc) is 2.73. The highest BCUT2D eigenvalue weighted by molar-refractivity contribution is 5.85. The molecule has 0 saturated carbocycles. The number of halogens is 1. The molecule has 30 heavy (non-hydrogen) atoms. The fourth-order valence-electron chi connectivity index (χ4n) is 2.98. The van der Waals surface area contributed by atoms with Crippen molar-refractivity contribution in [2.24, 2.45) is 0 Å². The molecule has 0 aliphatic heterocycles. The van der Waals surface area contributed by atoms with Gasteiger partial charge in [0.15, 0.2) is 0 Å². The normalized spacial score (nSPS) is 11.5. The van der Waals surface area contributed by atoms with Gasteiger partial charge in [0.25, 0.3) is 0 Å². The van der Waals surface area contributed by atoms with Crippen LogP contribution in [-0.4, -0.2) is 23.0 Å². The molecule has 0 fully saturated rings. The van der Waals surface area contributed by atoms with E-state index in [9.17, 15) is 19.1 Å². The Kier molecular flexibility index (Phi) is 7.16. The zero-order chi connectivity index (χ0) is 21.3. The molecular weight excluding hydrogens is 385 g/mol. The van der Waals surface area contributed by atoms with Gasteiger partial charge in [0.2, 0.25) is 5.91 Å². The molecule has 0 unspecified atom stereocenters. The Labute approximate surface area is 174 Å². The number of hydrogen-bond donors (Lipinski definition) is 2. The minimum atomic E-state index is -1.13. The van der Waals surface area contributed by atoms with Gasteiger partial charge in [-0.15, -0.1) is 0 Å². The van der Waals surface area contributed by atoms with E-state index in [1.165, 1.54) is 18.2 Å². The Hall–Kier alpha value is -3.67. The van der Waals surface area contributed by atoms with Gasteiger partial charge in [0.1, 0.15) is 24.2 Å². The van der Waals surface area contributed by atoms with Gasteiger partial charge in [0.05, 0.1) is 6.42 Å². The largest absolute Gasteiger partial charge is 0.489 e. The summed E-state index contributed by atoms with van der Waals surface area (Å²) >= 11 is 0. The summed E-state index contributed by atoms with van der Waals surface area (Å²) in [6, 6.07) is 21.4. The van der Waals surface area contributed by atoms with Gasteiger partial charge in [-0.1, -0.05) is 54.6 Å². The molecule has 0 saturated heterocycles. The Morgan fingerprint density at radius 2 is 1.60 bits per heavy atom. The molecular formula is C24H22FNO4. The number of ether oxygens (including phenoxy) is 1. The van der Waals surface area contributed by atoms with Gasteiger partial charge in [-0.2, -0.15) is 0 Å². The molecule has 5 nitrogen and oxygen atoms in total. The predicted molar refractivity (Wildman–Crippen MR) is 111 cm³/mol. The van der Waals surface area contributed by atoms with Gasteiger partial charge < -0.3 is 15.2 Å². The van der Waals surface area contributed by atoms with Crippen molar-refractivity contribution in [2.75, 3.05) is 0 Å². The number of rotatable bonds is 9. The van der Waals surface area contributed by atoms with E-state index in [0.29, 0.717) is 17.9 Å². The maximum atomic E-state index is 13.2. The molecule has 3 rings (SSSR count). The molecule has 0 radical (unpaired) electrons. The summed E-state index contributed by atoms with van der Waals surface area (Å²) < 4.78 is 19.0. The van der Waals surface area contributed by atoms with E-state index in [1.54, 1.807) is 30.3 Å². The highest BCUT2D eigenvalue weighted by Gasteiger charge is 2.20. The van der Waals surface area contributed by atoms with Crippen LogP contribution >= 0.6 is 0 Å². The second-order valence-corrected chi connectivity index (χ2v) is 6.89. The van der Waals surface area contributed by atoms with Gasteiger partial charge in [-0.25, -0.2) is 9.18 Å². The van der Waals surface area contributed by atoms with E-state index in [-0.39, 0.29) is 12.8 Å². The van der Waals surface area contributed by atoms with E-state index < -0.39 is 23.7 Å². The zero-order valence-corrected chi connectivity index (χ0v) is 16.3. The highest BCUT2D eigenvalue weighted by Crippen LogP contribution is 2.15. The number of amides is 1. The summed E-state index contributed by atoms with van der Waals surface area (Å²) in [4.78, 5) is 23.8. The molecule has 1 atom stereocenters. The van der Waals surface area contributed by atoms with Crippen LogP contribution in [0.2, 0.25) is 0 Å². The first kappa shape index (κ1) is 21.0. The first-order valence-corrected chi connectivity index (χ1v) is 9.52. The van der Waals surface area contributed by atoms with Gasteiger partial charge in [-0.3, -0.25) is 4.79 Å². The molecule has 3 aromatic rings. The second-order valence-electron chi connectivity index (χ2n) is 6.89. The number of carbonyl (C=O) groups excluding carboxylic acids is 1. The molecule has 6 heteroatoms. The Morgan fingerprint density at radius 3 is 2.27 bits per heavy atom. The lowest BCUT2D eigenvalue weighted by Gasteiger charge is -2.15. The lowest BCUT2D eigenvalue weighted by molar-refractivity contribution is -0.141. The minimum absolute atomic E-state index is 0.0895. The number of carboxylic acid groups (broad SMARTS) is 1. The van der Waals surface area contributed by atoms with E-state index in [2.05, 4.69) is 5.32 Å². The lowest BCUT2D eigenvalue weighted by Crippen LogP contribution is -2.43. The van der Waals surface area contributed by atoms with E-state index in [0.717, 1.165) is 11.1 Å². The topological polar surface area (TPSA) is 75.6 Å². The summed E-state index contributed by atoms with van der Waals surface area (Å²) in [5, 5.41) is 12.0. The molecule has 1 amide bonds. The van der Waals surface area contributed by atoms with Gasteiger partial charge >= 0.3 is 5.97 Å². The molecule has 0 heterocycles. The smallest absolute Gasteiger partial charge is 0.326 e. The van der Waals surface area contributed by atoms with Crippen LogP contribution in [0.1, 0.15) is 16.7 Å². The molecule has 2 N–H and O–H groups in total. The number of carbonyl (C=O) groups is 2. The summed E-state index contributed by atoms with van der Waals surface area (Å²) in [5.41, 5.74) is 2.28. The van der Waals surface area contributed by atoms with Crippen molar-refractivity contribution in [3.05, 3.63) is 101 Å². The number of nitrogens with one attached hydrogen (secondary N) is 1. The van der Waals surface area contributed by atoms with Crippen LogP contribution in [0, 0.1) is 5.82 Å². The van der Waals surface area contributed by atoms with E-state index in [1.807, 2.05) is 30.3 Å². The molecule has 0 aliphatic rings. The third kappa shape index (κ3) is 6.44. The Bertz CT molecular complexity index is 990. The maximum Gasteiger partial charge on any atom is 0.326 e. The van der Waals surface area contributed by atoms with Crippen LogP contribution in [0.3, 0.4) is 0 Å². The fourth-order valence-corrected chi connectivity index (χ4v) is 2.98. The SMILES string of the molecule is O=C(Cc1cccc(F)c1)N[C@@H](Cc1ccc(OCc2ccccc2)cc1)C(=O)O. The van der Waals surface area contributed by atoms with Crippen molar-refractivity contribution < 1.29 is 23.8 Å². The zero-order valence-electron chi connectivity index (χ0n) is 16.3. The fraction of sp³-hybridized carbons (Fsp3) is 0.167. The lowest BCUT2D eigenvalue weighted by atomic mass is 10.0. The molecule has 0 aromatic heterocycles. The summed E-state index contributed by atoms with van der Waals surface area (Å²) in [7, 11) is 0. The third-order valence-electron chi connectivity index (χ3n) is 4.50. The van der Waals surface area contributed by atoms with Crippen LogP contribution in [-0.2, 0) is 29.0 Å². The molecule has 0 aliphatic carbocycles. The van der Waals surface area contributed by atoms with E-state index in [4.69, 9.17) is 4.74 Å². The van der Waals surface area contributed by atoms with Crippen molar-refractivity contribution in [3.63, 3.8) is 0 Å². The minimum Gasteiger partial charge on any atom is -0.489 e. The third-order valence-corrected chi connectivity index (χ3v) is 4.50. The van der Waals surface area contributed by atoms with E-state index >= 15 is 0 Å². The number of carboxylic acids is 1. The summed E-state index contributed by atoms with van der Waals surface area (Å²) in [6.07, 6.45) is 0.0387. The quantitative estimate of drug-likeness (QED) is 0.566. The Morgan fingerprint density at radius 1 is 0.900 bits per heavy atom. The van der Waals surface area contributed by atoms with Crippen molar-refractivity contribution in [1.29, 1.82) is 0 Å². The molecule has 3 aromatic carbocycles. The monoisotopic (exact) mass is 407 g/mol. The summed E-state index contributed by atoms with van der Waals surface area (Å²) in [5.74, 6) is -1.38. The maximum absolute atomic E-state index is 13.2. The Balaban J connectivity index is 1.55. The number of benzene rings is 3. The van der Waals surface area contributed by atoms with Crippen LogP contribution in [0.25, 0.3) is 0 Å². The van der Waals surface area contributed by atoms with Crippen molar-refractivity contribution >= 4 is 11.9 Å². The highest BCUT2D eigenvalue weighted by atomic mass is 19.1. The average molecular weight is 407 g/mol.